The lowest BCUT2D eigenvalue weighted by molar-refractivity contribution is -0.137. The molecule has 1 aromatic heterocycles. The maximum atomic E-state index is 12.5. The van der Waals surface area contributed by atoms with Gasteiger partial charge in [-0.05, 0) is 18.6 Å². The summed E-state index contributed by atoms with van der Waals surface area (Å²) >= 11 is 5.55. The molecule has 1 aromatic rings. The molecule has 1 N–H and O–H groups in total. The van der Waals surface area contributed by atoms with Crippen LogP contribution in [0.1, 0.15) is 18.9 Å². The van der Waals surface area contributed by atoms with Gasteiger partial charge in [-0.3, -0.25) is 4.21 Å². The van der Waals surface area contributed by atoms with Gasteiger partial charge in [-0.15, -0.1) is 0 Å². The van der Waals surface area contributed by atoms with Crippen LogP contribution in [0, 0.1) is 0 Å². The van der Waals surface area contributed by atoms with Crippen LogP contribution in [0.4, 0.5) is 19.0 Å². The van der Waals surface area contributed by atoms with E-state index in [1.54, 1.807) is 6.26 Å². The van der Waals surface area contributed by atoms with Gasteiger partial charge in [0.2, 0.25) is 0 Å². The standard InChI is InChI=1S/C11H14ClF3N2OS/c1-7(19(2)18)3-4-16-10-6-8(11(13,14)15)5-9(12)17-10/h5-7H,3-4H2,1-2H3,(H,16,17). The van der Waals surface area contributed by atoms with Crippen molar-refractivity contribution in [2.75, 3.05) is 18.1 Å². The average molecular weight is 315 g/mol. The second-order valence-electron chi connectivity index (χ2n) is 4.09. The number of nitrogens with one attached hydrogen (secondary N) is 1. The number of nitrogens with zero attached hydrogens (tertiary/aromatic N) is 1. The van der Waals surface area contributed by atoms with Crippen LogP contribution in [0.25, 0.3) is 0 Å². The first-order valence-electron chi connectivity index (χ1n) is 5.51. The zero-order valence-electron chi connectivity index (χ0n) is 10.4. The van der Waals surface area contributed by atoms with E-state index in [0.717, 1.165) is 12.1 Å². The molecule has 0 aliphatic heterocycles. The van der Waals surface area contributed by atoms with Gasteiger partial charge in [0.05, 0.1) is 5.56 Å². The molecule has 0 aromatic carbocycles. The topological polar surface area (TPSA) is 42.0 Å². The van der Waals surface area contributed by atoms with E-state index in [4.69, 9.17) is 11.6 Å². The number of rotatable bonds is 5. The molecule has 8 heteroatoms. The molecule has 0 spiro atoms. The Morgan fingerprint density at radius 2 is 2.11 bits per heavy atom. The molecule has 0 bridgehead atoms. The quantitative estimate of drug-likeness (QED) is 0.848. The average Bonchev–Trinajstić information content (AvgIpc) is 2.26. The monoisotopic (exact) mass is 314 g/mol. The predicted octanol–water partition coefficient (Wildman–Crippen LogP) is 3.32. The Hall–Kier alpha value is -0.820. The number of aromatic nitrogens is 1. The largest absolute Gasteiger partial charge is 0.416 e. The molecule has 1 heterocycles. The van der Waals surface area contributed by atoms with E-state index in [2.05, 4.69) is 10.3 Å². The van der Waals surface area contributed by atoms with Crippen LogP contribution in [0.15, 0.2) is 12.1 Å². The zero-order chi connectivity index (χ0) is 14.6. The highest BCUT2D eigenvalue weighted by Gasteiger charge is 2.31. The molecule has 2 atom stereocenters. The summed E-state index contributed by atoms with van der Waals surface area (Å²) in [4.78, 5) is 3.77. The fraction of sp³-hybridized carbons (Fsp3) is 0.545. The van der Waals surface area contributed by atoms with Crippen LogP contribution in [0.3, 0.4) is 0 Å². The minimum atomic E-state index is -4.46. The minimum Gasteiger partial charge on any atom is -0.370 e. The van der Waals surface area contributed by atoms with Crippen molar-refractivity contribution in [2.45, 2.75) is 24.8 Å². The molecule has 0 amide bonds. The zero-order valence-corrected chi connectivity index (χ0v) is 12.0. The lowest BCUT2D eigenvalue weighted by Crippen LogP contribution is -2.15. The highest BCUT2D eigenvalue weighted by molar-refractivity contribution is 7.84. The van der Waals surface area contributed by atoms with E-state index in [-0.39, 0.29) is 16.2 Å². The van der Waals surface area contributed by atoms with Gasteiger partial charge < -0.3 is 5.32 Å². The van der Waals surface area contributed by atoms with Crippen molar-refractivity contribution < 1.29 is 17.4 Å². The lowest BCUT2D eigenvalue weighted by atomic mass is 10.2. The molecular formula is C11H14ClF3N2OS. The van der Waals surface area contributed by atoms with Crippen LogP contribution >= 0.6 is 11.6 Å². The van der Waals surface area contributed by atoms with Crippen molar-refractivity contribution in [1.29, 1.82) is 0 Å². The van der Waals surface area contributed by atoms with Crippen molar-refractivity contribution >= 4 is 28.2 Å². The van der Waals surface area contributed by atoms with Gasteiger partial charge in [-0.25, -0.2) is 4.98 Å². The molecule has 3 nitrogen and oxygen atoms in total. The highest BCUT2D eigenvalue weighted by Crippen LogP contribution is 2.31. The number of halogens is 4. The van der Waals surface area contributed by atoms with Crippen LogP contribution in [-0.2, 0) is 17.0 Å². The maximum absolute atomic E-state index is 12.5. The van der Waals surface area contributed by atoms with Gasteiger partial charge in [-0.2, -0.15) is 13.2 Å². The fourth-order valence-corrected chi connectivity index (χ4v) is 1.98. The first-order chi connectivity index (χ1) is 8.70. The first kappa shape index (κ1) is 16.2. The summed E-state index contributed by atoms with van der Waals surface area (Å²) in [6, 6.07) is 1.68. The summed E-state index contributed by atoms with van der Waals surface area (Å²) in [6.07, 6.45) is -2.30. The maximum Gasteiger partial charge on any atom is 0.416 e. The summed E-state index contributed by atoms with van der Waals surface area (Å²) in [5.74, 6) is 0.0638. The number of pyridine rings is 1. The Kier molecular flexibility index (Phi) is 5.61. The van der Waals surface area contributed by atoms with E-state index in [1.165, 1.54) is 0 Å². The third kappa shape index (κ3) is 5.36. The second-order valence-corrected chi connectivity index (χ2v) is 6.28. The van der Waals surface area contributed by atoms with Crippen LogP contribution in [-0.4, -0.2) is 27.2 Å². The minimum absolute atomic E-state index is 0.0335. The summed E-state index contributed by atoms with van der Waals surface area (Å²) in [5, 5.41) is 2.50. The lowest BCUT2D eigenvalue weighted by Gasteiger charge is -2.12. The van der Waals surface area contributed by atoms with E-state index < -0.39 is 22.5 Å². The molecule has 1 rings (SSSR count). The molecule has 108 valence electrons. The molecule has 0 fully saturated rings. The van der Waals surface area contributed by atoms with Gasteiger partial charge in [-0.1, -0.05) is 18.5 Å². The second kappa shape index (κ2) is 6.56. The van der Waals surface area contributed by atoms with Crippen molar-refractivity contribution in [3.63, 3.8) is 0 Å². The number of hydrogen-bond acceptors (Lipinski definition) is 3. The Bertz CT molecular complexity index is 468. The van der Waals surface area contributed by atoms with E-state index in [9.17, 15) is 17.4 Å². The molecule has 0 aliphatic carbocycles. The molecule has 2 unspecified atom stereocenters. The summed E-state index contributed by atoms with van der Waals surface area (Å²) < 4.78 is 48.8. The van der Waals surface area contributed by atoms with Gasteiger partial charge in [0.1, 0.15) is 11.0 Å². The normalized spacial score (nSPS) is 15.1. The van der Waals surface area contributed by atoms with Crippen molar-refractivity contribution in [2.24, 2.45) is 0 Å². The van der Waals surface area contributed by atoms with Crippen molar-refractivity contribution in [1.82, 2.24) is 4.98 Å². The Morgan fingerprint density at radius 3 is 2.63 bits per heavy atom. The van der Waals surface area contributed by atoms with Crippen LogP contribution in [0.5, 0.6) is 0 Å². The summed E-state index contributed by atoms with van der Waals surface area (Å²) in [7, 11) is -0.958. The third-order valence-electron chi connectivity index (χ3n) is 2.55. The molecular weight excluding hydrogens is 301 g/mol. The SMILES string of the molecule is CC(CCNc1cc(C(F)(F)F)cc(Cl)n1)S(C)=O. The van der Waals surface area contributed by atoms with Gasteiger partial charge in [0, 0.05) is 28.9 Å². The molecule has 0 saturated carbocycles. The molecule has 0 aliphatic rings. The smallest absolute Gasteiger partial charge is 0.370 e. The Balaban J connectivity index is 2.69. The van der Waals surface area contributed by atoms with Gasteiger partial charge in [0.15, 0.2) is 0 Å². The first-order valence-corrected chi connectivity index (χ1v) is 7.51. The van der Waals surface area contributed by atoms with Gasteiger partial charge >= 0.3 is 6.18 Å². The summed E-state index contributed by atoms with van der Waals surface area (Å²) in [6.45, 7) is 2.19. The number of hydrogen-bond donors (Lipinski definition) is 1. The van der Waals surface area contributed by atoms with Gasteiger partial charge in [0.25, 0.3) is 0 Å². The van der Waals surface area contributed by atoms with E-state index in [0.29, 0.717) is 13.0 Å². The summed E-state index contributed by atoms with van der Waals surface area (Å²) in [5.41, 5.74) is -0.845. The van der Waals surface area contributed by atoms with E-state index in [1.807, 2.05) is 6.92 Å². The Morgan fingerprint density at radius 1 is 1.47 bits per heavy atom. The highest BCUT2D eigenvalue weighted by atomic mass is 35.5. The predicted molar refractivity (Wildman–Crippen MR) is 70.9 cm³/mol. The molecule has 0 radical (unpaired) electrons. The Labute approximate surface area is 117 Å². The fourth-order valence-electron chi connectivity index (χ4n) is 1.32. The van der Waals surface area contributed by atoms with Crippen LogP contribution < -0.4 is 5.32 Å². The van der Waals surface area contributed by atoms with Crippen LogP contribution in [0.2, 0.25) is 5.15 Å². The number of anilines is 1. The van der Waals surface area contributed by atoms with Crippen molar-refractivity contribution in [3.8, 4) is 0 Å². The van der Waals surface area contributed by atoms with Crippen molar-refractivity contribution in [3.05, 3.63) is 22.8 Å². The number of alkyl halides is 3. The molecule has 0 saturated heterocycles. The molecule has 19 heavy (non-hydrogen) atoms. The third-order valence-corrected chi connectivity index (χ3v) is 4.11. The van der Waals surface area contributed by atoms with E-state index >= 15 is 0 Å².